The fourth-order valence-electron chi connectivity index (χ4n) is 0.495. The topological polar surface area (TPSA) is 0 Å². The predicted molar refractivity (Wildman–Crippen MR) is 31.8 cm³/mol. The van der Waals surface area contributed by atoms with Crippen molar-refractivity contribution in [1.29, 1.82) is 0 Å². The summed E-state index contributed by atoms with van der Waals surface area (Å²) < 4.78 is 1.55. The molecular weight excluding hydrogens is 328 g/mol. The van der Waals surface area contributed by atoms with Gasteiger partial charge < -0.3 is 0 Å². The van der Waals surface area contributed by atoms with Gasteiger partial charge in [-0.15, -0.1) is 0 Å². The van der Waals surface area contributed by atoms with E-state index in [2.05, 4.69) is 30.3 Å². The van der Waals surface area contributed by atoms with Crippen LogP contribution in [0, 0.1) is 0 Å². The molecule has 0 aromatic heterocycles. The summed E-state index contributed by atoms with van der Waals surface area (Å²) in [5.41, 5.74) is 0. The van der Waals surface area contributed by atoms with Crippen LogP contribution in [0.2, 0.25) is 0 Å². The Labute approximate surface area is 64.7 Å². The average molecular weight is 333 g/mol. The van der Waals surface area contributed by atoms with Crippen molar-refractivity contribution in [3.05, 3.63) is 30.3 Å². The maximum absolute atomic E-state index is 2.21. The van der Waals surface area contributed by atoms with Gasteiger partial charge in [0.05, 0.1) is 0 Å². The van der Waals surface area contributed by atoms with E-state index in [1.807, 2.05) is 0 Å². The standard InChI is InChI=1S/C6H5As.Ta/c7-6-4-2-1-3-5-6;/h1-5H;. The fraction of sp³-hybridized carbons (Fsp3) is 0. The first-order valence-electron chi connectivity index (χ1n) is 2.33. The van der Waals surface area contributed by atoms with Crippen LogP contribution < -0.4 is 4.35 Å². The van der Waals surface area contributed by atoms with E-state index in [0.29, 0.717) is 12.2 Å². The summed E-state index contributed by atoms with van der Waals surface area (Å²) in [4.78, 5) is 0. The predicted octanol–water partition coefficient (Wildman–Crippen LogP) is 0.478. The van der Waals surface area contributed by atoms with Crippen LogP contribution in [-0.2, 0) is 18.1 Å². The summed E-state index contributed by atoms with van der Waals surface area (Å²) in [5, 5.41) is 0. The van der Waals surface area contributed by atoms with E-state index in [4.69, 9.17) is 0 Å². The van der Waals surface area contributed by atoms with Gasteiger partial charge in [0.2, 0.25) is 0 Å². The van der Waals surface area contributed by atoms with Crippen LogP contribution in [0.15, 0.2) is 30.3 Å². The molecule has 1 aromatic rings. The van der Waals surface area contributed by atoms with Crippen LogP contribution in [0.1, 0.15) is 0 Å². The second-order valence-corrected chi connectivity index (χ2v) is 6.67. The zero-order valence-corrected chi connectivity index (χ0v) is 9.37. The van der Waals surface area contributed by atoms with Gasteiger partial charge in [0, 0.05) is 0 Å². The zero-order chi connectivity index (χ0) is 5.82. The van der Waals surface area contributed by atoms with Gasteiger partial charge in [-0.25, -0.2) is 0 Å². The Balaban J connectivity index is 2.99. The average Bonchev–Trinajstić information content (AvgIpc) is 1.90. The van der Waals surface area contributed by atoms with Crippen molar-refractivity contribution >= 4 is 16.5 Å². The summed E-state index contributed by atoms with van der Waals surface area (Å²) in [6.45, 7) is 0. The molecule has 0 saturated heterocycles. The Morgan fingerprint density at radius 1 is 1.12 bits per heavy atom. The third-order valence-electron chi connectivity index (χ3n) is 0.872. The van der Waals surface area contributed by atoms with Gasteiger partial charge in [0.15, 0.2) is 0 Å². The molecule has 1 rings (SSSR count). The van der Waals surface area contributed by atoms with Crippen molar-refractivity contribution < 1.29 is 18.1 Å². The van der Waals surface area contributed by atoms with Crippen LogP contribution in [0.25, 0.3) is 0 Å². The number of hydrogen-bond acceptors (Lipinski definition) is 0. The van der Waals surface area contributed by atoms with Gasteiger partial charge in [-0.1, -0.05) is 0 Å². The van der Waals surface area contributed by atoms with E-state index in [1.165, 1.54) is 0 Å². The van der Waals surface area contributed by atoms with E-state index >= 15 is 0 Å². The van der Waals surface area contributed by atoms with E-state index in [9.17, 15) is 0 Å². The molecule has 0 nitrogen and oxygen atoms in total. The molecule has 1 aromatic carbocycles. The molecule has 0 N–H and O–H groups in total. The van der Waals surface area contributed by atoms with E-state index in [0.717, 1.165) is 0 Å². The quantitative estimate of drug-likeness (QED) is 0.656. The molecule has 0 aliphatic heterocycles. The minimum absolute atomic E-state index is 0.543. The van der Waals surface area contributed by atoms with Crippen molar-refractivity contribution in [3.63, 3.8) is 0 Å². The molecule has 0 fully saturated rings. The SMILES string of the molecule is [Ta]=[As]c1ccccc1. The Hall–Kier alpha value is 0.519. The number of rotatable bonds is 1. The first kappa shape index (κ1) is 6.64. The molecule has 0 spiro atoms. The van der Waals surface area contributed by atoms with Crippen molar-refractivity contribution in [1.82, 2.24) is 0 Å². The van der Waals surface area contributed by atoms with Gasteiger partial charge >= 0.3 is 65.0 Å². The Morgan fingerprint density at radius 3 is 2.12 bits per heavy atom. The molecule has 0 amide bonds. The Morgan fingerprint density at radius 2 is 1.75 bits per heavy atom. The van der Waals surface area contributed by atoms with Crippen LogP contribution >= 0.6 is 0 Å². The monoisotopic (exact) mass is 333 g/mol. The number of benzene rings is 1. The van der Waals surface area contributed by atoms with Crippen molar-refractivity contribution in [2.75, 3.05) is 0 Å². The minimum atomic E-state index is 0.543. The summed E-state index contributed by atoms with van der Waals surface area (Å²) in [6.07, 6.45) is 0. The van der Waals surface area contributed by atoms with Gasteiger partial charge in [0.1, 0.15) is 0 Å². The third-order valence-corrected chi connectivity index (χ3v) is 6.29. The van der Waals surface area contributed by atoms with E-state index in [1.54, 1.807) is 22.5 Å². The van der Waals surface area contributed by atoms with Gasteiger partial charge in [-0.2, -0.15) is 0 Å². The summed E-state index contributed by atoms with van der Waals surface area (Å²) in [6, 6.07) is 10.7. The molecule has 0 unspecified atom stereocenters. The van der Waals surface area contributed by atoms with Crippen LogP contribution in [0.5, 0.6) is 0 Å². The molecule has 2 heteroatoms. The fourth-order valence-corrected chi connectivity index (χ4v) is 3.62. The van der Waals surface area contributed by atoms with Crippen LogP contribution in [0.4, 0.5) is 0 Å². The summed E-state index contributed by atoms with van der Waals surface area (Å²) >= 11 is 2.09. The maximum atomic E-state index is 2.21. The molecule has 39 valence electrons. The van der Waals surface area contributed by atoms with E-state index < -0.39 is 0 Å². The summed E-state index contributed by atoms with van der Waals surface area (Å²) in [5.74, 6) is 0. The van der Waals surface area contributed by atoms with Crippen molar-refractivity contribution in [2.45, 2.75) is 0 Å². The molecule has 0 saturated carbocycles. The van der Waals surface area contributed by atoms with Crippen LogP contribution in [0.3, 0.4) is 0 Å². The molecule has 8 heavy (non-hydrogen) atoms. The molecule has 0 aliphatic carbocycles. The first-order chi connectivity index (χ1) is 3.93. The van der Waals surface area contributed by atoms with Gasteiger partial charge in [0.25, 0.3) is 0 Å². The second kappa shape index (κ2) is 3.53. The molecular formula is C6H5AsTa. The molecule has 0 radical (unpaired) electrons. The zero-order valence-electron chi connectivity index (χ0n) is 4.28. The summed E-state index contributed by atoms with van der Waals surface area (Å²) in [7, 11) is 0. The first-order valence-corrected chi connectivity index (χ1v) is 11.6. The van der Waals surface area contributed by atoms with E-state index in [-0.39, 0.29) is 0 Å². The van der Waals surface area contributed by atoms with Crippen molar-refractivity contribution in [3.8, 4) is 0 Å². The normalized spacial score (nSPS) is 9.38. The molecule has 0 bridgehead atoms. The Bertz CT molecular complexity index is 171. The molecule has 0 atom stereocenters. The molecule has 0 heterocycles. The second-order valence-electron chi connectivity index (χ2n) is 1.44. The van der Waals surface area contributed by atoms with Crippen LogP contribution in [-0.4, -0.2) is 12.2 Å². The molecule has 0 aliphatic rings. The van der Waals surface area contributed by atoms with Gasteiger partial charge in [-0.05, 0) is 0 Å². The third kappa shape index (κ3) is 1.79. The van der Waals surface area contributed by atoms with Gasteiger partial charge in [-0.3, -0.25) is 0 Å². The Kier molecular flexibility index (Phi) is 2.93. The number of hydrogen-bond donors (Lipinski definition) is 0. The van der Waals surface area contributed by atoms with Crippen molar-refractivity contribution in [2.24, 2.45) is 0 Å².